The number of aryl methyl sites for hydroxylation is 2. The number of nitrogens with zero attached hydrogens (tertiary/aromatic N) is 2. The number of nitrogen functional groups attached to an aromatic ring is 1. The molecular formula is C18H23N3O2. The van der Waals surface area contributed by atoms with Crippen molar-refractivity contribution in [2.45, 2.75) is 52.4 Å². The SMILES string of the molecule is CCOC(=O)c1cc2c(N)c3c(nc2nc1C)CCCCCC3. The van der Waals surface area contributed by atoms with Crippen LogP contribution in [0.4, 0.5) is 5.69 Å². The summed E-state index contributed by atoms with van der Waals surface area (Å²) in [7, 11) is 0. The smallest absolute Gasteiger partial charge is 0.339 e. The minimum atomic E-state index is -0.356. The number of nitrogens with two attached hydrogens (primary N) is 1. The van der Waals surface area contributed by atoms with E-state index in [9.17, 15) is 4.79 Å². The van der Waals surface area contributed by atoms with Crippen molar-refractivity contribution in [2.24, 2.45) is 0 Å². The van der Waals surface area contributed by atoms with Gasteiger partial charge in [0.2, 0.25) is 0 Å². The number of rotatable bonds is 2. The Kier molecular flexibility index (Phi) is 4.46. The highest BCUT2D eigenvalue weighted by molar-refractivity contribution is 5.98. The molecule has 1 aliphatic carbocycles. The molecule has 0 amide bonds. The number of pyridine rings is 2. The summed E-state index contributed by atoms with van der Waals surface area (Å²) in [5.41, 5.74) is 11.1. The predicted octanol–water partition coefficient (Wildman–Crippen LogP) is 3.36. The van der Waals surface area contributed by atoms with E-state index in [2.05, 4.69) is 4.98 Å². The molecule has 0 fully saturated rings. The summed E-state index contributed by atoms with van der Waals surface area (Å²) in [5, 5.41) is 0.762. The van der Waals surface area contributed by atoms with Gasteiger partial charge in [0, 0.05) is 16.8 Å². The van der Waals surface area contributed by atoms with Gasteiger partial charge in [-0.2, -0.15) is 0 Å². The molecule has 5 heteroatoms. The van der Waals surface area contributed by atoms with Gasteiger partial charge < -0.3 is 10.5 Å². The van der Waals surface area contributed by atoms with E-state index < -0.39 is 0 Å². The Morgan fingerprint density at radius 1 is 1.22 bits per heavy atom. The molecule has 2 N–H and O–H groups in total. The second kappa shape index (κ2) is 6.52. The van der Waals surface area contributed by atoms with Crippen molar-refractivity contribution in [3.8, 4) is 0 Å². The number of hydrogen-bond donors (Lipinski definition) is 1. The quantitative estimate of drug-likeness (QED) is 0.860. The molecule has 0 unspecified atom stereocenters. The van der Waals surface area contributed by atoms with Crippen molar-refractivity contribution in [1.29, 1.82) is 0 Å². The average Bonchev–Trinajstić information content (AvgIpc) is 2.49. The maximum Gasteiger partial charge on any atom is 0.339 e. The summed E-state index contributed by atoms with van der Waals surface area (Å²) in [4.78, 5) is 21.3. The largest absolute Gasteiger partial charge is 0.462 e. The Hall–Kier alpha value is -2.17. The van der Waals surface area contributed by atoms with Gasteiger partial charge in [0.1, 0.15) is 0 Å². The first-order valence-electron chi connectivity index (χ1n) is 8.37. The van der Waals surface area contributed by atoms with E-state index in [-0.39, 0.29) is 5.97 Å². The molecule has 2 aromatic heterocycles. The molecule has 2 heterocycles. The maximum atomic E-state index is 12.1. The molecular weight excluding hydrogens is 290 g/mol. The number of hydrogen-bond acceptors (Lipinski definition) is 5. The van der Waals surface area contributed by atoms with Crippen LogP contribution in [0.3, 0.4) is 0 Å². The number of esters is 1. The molecule has 0 spiro atoms. The molecule has 0 saturated heterocycles. The van der Waals surface area contributed by atoms with Crippen molar-refractivity contribution in [3.63, 3.8) is 0 Å². The van der Waals surface area contributed by atoms with Crippen LogP contribution < -0.4 is 5.73 Å². The molecule has 0 radical (unpaired) electrons. The second-order valence-electron chi connectivity index (χ2n) is 6.08. The number of aromatic nitrogens is 2. The summed E-state index contributed by atoms with van der Waals surface area (Å²) in [6.45, 7) is 3.94. The van der Waals surface area contributed by atoms with Crippen LogP contribution in [0.1, 0.15) is 59.9 Å². The van der Waals surface area contributed by atoms with Gasteiger partial charge in [-0.3, -0.25) is 0 Å². The normalized spacial score (nSPS) is 14.9. The molecule has 0 aromatic carbocycles. The standard InChI is InChI=1S/C18H23N3O2/c1-3-23-18(22)13-10-14-16(19)12-8-6-4-5-7-9-15(12)21-17(14)20-11(13)2/h10H,3-9H2,1-2H3,(H2,19,20,21). The maximum absolute atomic E-state index is 12.1. The molecule has 23 heavy (non-hydrogen) atoms. The molecule has 0 saturated carbocycles. The van der Waals surface area contributed by atoms with Crippen LogP contribution in [-0.4, -0.2) is 22.5 Å². The van der Waals surface area contributed by atoms with Gasteiger partial charge in [0.25, 0.3) is 0 Å². The van der Waals surface area contributed by atoms with Gasteiger partial charge >= 0.3 is 5.97 Å². The van der Waals surface area contributed by atoms with Crippen molar-refractivity contribution in [2.75, 3.05) is 12.3 Å². The van der Waals surface area contributed by atoms with Gasteiger partial charge in [-0.1, -0.05) is 12.8 Å². The highest BCUT2D eigenvalue weighted by Gasteiger charge is 2.19. The van der Waals surface area contributed by atoms with Crippen LogP contribution >= 0.6 is 0 Å². The zero-order valence-electron chi connectivity index (χ0n) is 13.8. The van der Waals surface area contributed by atoms with Crippen LogP contribution in [-0.2, 0) is 17.6 Å². The van der Waals surface area contributed by atoms with Gasteiger partial charge in [-0.15, -0.1) is 0 Å². The minimum absolute atomic E-state index is 0.341. The molecule has 3 rings (SSSR count). The van der Waals surface area contributed by atoms with E-state index in [1.807, 2.05) is 0 Å². The fraction of sp³-hybridized carbons (Fsp3) is 0.500. The van der Waals surface area contributed by atoms with Crippen molar-refractivity contribution >= 4 is 22.7 Å². The Labute approximate surface area is 136 Å². The van der Waals surface area contributed by atoms with E-state index in [1.165, 1.54) is 12.8 Å². The highest BCUT2D eigenvalue weighted by Crippen LogP contribution is 2.30. The predicted molar refractivity (Wildman–Crippen MR) is 90.5 cm³/mol. The van der Waals surface area contributed by atoms with E-state index >= 15 is 0 Å². The summed E-state index contributed by atoms with van der Waals surface area (Å²) in [6, 6.07) is 1.79. The van der Waals surface area contributed by atoms with E-state index in [1.54, 1.807) is 19.9 Å². The monoisotopic (exact) mass is 313 g/mol. The Morgan fingerprint density at radius 3 is 2.70 bits per heavy atom. The number of ether oxygens (including phenoxy) is 1. The third kappa shape index (κ3) is 3.00. The summed E-state index contributed by atoms with van der Waals surface area (Å²) in [5.74, 6) is -0.356. The first-order chi connectivity index (χ1) is 11.1. The number of carbonyl (C=O) groups excluding carboxylic acids is 1. The van der Waals surface area contributed by atoms with Crippen LogP contribution in [0.5, 0.6) is 0 Å². The number of fused-ring (bicyclic) bond motifs is 2. The third-order valence-electron chi connectivity index (χ3n) is 4.48. The molecule has 5 nitrogen and oxygen atoms in total. The summed E-state index contributed by atoms with van der Waals surface area (Å²) >= 11 is 0. The Morgan fingerprint density at radius 2 is 1.96 bits per heavy atom. The van der Waals surface area contributed by atoms with Gasteiger partial charge in [0.15, 0.2) is 5.65 Å². The summed E-state index contributed by atoms with van der Waals surface area (Å²) in [6.07, 6.45) is 6.66. The van der Waals surface area contributed by atoms with Gasteiger partial charge in [-0.05, 0) is 51.2 Å². The van der Waals surface area contributed by atoms with Crippen LogP contribution in [0.15, 0.2) is 6.07 Å². The average molecular weight is 313 g/mol. The van der Waals surface area contributed by atoms with Crippen LogP contribution in [0.2, 0.25) is 0 Å². The minimum Gasteiger partial charge on any atom is -0.462 e. The second-order valence-corrected chi connectivity index (χ2v) is 6.08. The summed E-state index contributed by atoms with van der Waals surface area (Å²) < 4.78 is 5.11. The Balaban J connectivity index is 2.16. The van der Waals surface area contributed by atoms with E-state index in [0.717, 1.165) is 48.0 Å². The highest BCUT2D eigenvalue weighted by atomic mass is 16.5. The lowest BCUT2D eigenvalue weighted by atomic mass is 9.94. The molecule has 0 bridgehead atoms. The Bertz CT molecular complexity index is 756. The van der Waals surface area contributed by atoms with Crippen LogP contribution in [0.25, 0.3) is 11.0 Å². The third-order valence-corrected chi connectivity index (χ3v) is 4.48. The van der Waals surface area contributed by atoms with Crippen molar-refractivity contribution in [3.05, 3.63) is 28.6 Å². The van der Waals surface area contributed by atoms with Crippen molar-refractivity contribution in [1.82, 2.24) is 9.97 Å². The lowest BCUT2D eigenvalue weighted by molar-refractivity contribution is 0.0525. The fourth-order valence-electron chi connectivity index (χ4n) is 3.24. The lowest BCUT2D eigenvalue weighted by Crippen LogP contribution is -2.11. The number of anilines is 1. The van der Waals surface area contributed by atoms with Crippen LogP contribution in [0, 0.1) is 6.92 Å². The lowest BCUT2D eigenvalue weighted by Gasteiger charge is -2.17. The molecule has 2 aromatic rings. The molecule has 0 atom stereocenters. The van der Waals surface area contributed by atoms with E-state index in [0.29, 0.717) is 23.5 Å². The zero-order chi connectivity index (χ0) is 16.4. The topological polar surface area (TPSA) is 78.1 Å². The van der Waals surface area contributed by atoms with Gasteiger partial charge in [-0.25, -0.2) is 14.8 Å². The number of carbonyl (C=O) groups is 1. The molecule has 122 valence electrons. The fourth-order valence-corrected chi connectivity index (χ4v) is 3.24. The zero-order valence-corrected chi connectivity index (χ0v) is 13.8. The first kappa shape index (κ1) is 15.7. The van der Waals surface area contributed by atoms with Gasteiger partial charge in [0.05, 0.1) is 17.9 Å². The first-order valence-corrected chi connectivity index (χ1v) is 8.37. The van der Waals surface area contributed by atoms with E-state index in [4.69, 9.17) is 15.5 Å². The molecule has 1 aliphatic rings. The van der Waals surface area contributed by atoms with Crippen molar-refractivity contribution < 1.29 is 9.53 Å². The molecule has 0 aliphatic heterocycles.